The molecule has 2 aliphatic heterocycles. The molecule has 1 N–H and O–H groups in total. The Labute approximate surface area is 171 Å². The first-order valence-electron chi connectivity index (χ1n) is 9.90. The van der Waals surface area contributed by atoms with Gasteiger partial charge in [0.25, 0.3) is 5.91 Å². The average molecular weight is 390 g/mol. The fraction of sp³-hybridized carbons (Fsp3) is 0.333. The van der Waals surface area contributed by atoms with E-state index in [1.807, 2.05) is 51.1 Å². The van der Waals surface area contributed by atoms with E-state index >= 15 is 0 Å². The summed E-state index contributed by atoms with van der Waals surface area (Å²) in [5, 5.41) is 16.8. The first kappa shape index (κ1) is 19.2. The van der Waals surface area contributed by atoms with E-state index in [-0.39, 0.29) is 17.3 Å². The van der Waals surface area contributed by atoms with E-state index in [0.717, 1.165) is 41.0 Å². The molecule has 0 spiro atoms. The Hall–Kier alpha value is -3.08. The molecule has 0 aromatic heterocycles. The van der Waals surface area contributed by atoms with E-state index < -0.39 is 0 Å². The second-order valence-corrected chi connectivity index (χ2v) is 8.38. The second-order valence-electron chi connectivity index (χ2n) is 8.38. The molecule has 2 aromatic carbocycles. The molecule has 29 heavy (non-hydrogen) atoms. The molecule has 0 aliphatic carbocycles. The lowest BCUT2D eigenvalue weighted by Gasteiger charge is -2.35. The molecule has 0 fully saturated rings. The highest BCUT2D eigenvalue weighted by atomic mass is 16.5. The number of benzene rings is 2. The molecule has 2 heterocycles. The maximum absolute atomic E-state index is 13.1. The van der Waals surface area contributed by atoms with Crippen molar-refractivity contribution in [3.05, 3.63) is 58.2 Å². The summed E-state index contributed by atoms with van der Waals surface area (Å²) in [7, 11) is 0. The number of carbonyl (C=O) groups excluding carboxylic acids is 1. The largest absolute Gasteiger partial charge is 0.507 e. The second kappa shape index (κ2) is 6.76. The van der Waals surface area contributed by atoms with Crippen molar-refractivity contribution < 1.29 is 14.6 Å². The van der Waals surface area contributed by atoms with Crippen LogP contribution in [0, 0.1) is 13.8 Å². The highest BCUT2D eigenvalue weighted by Gasteiger charge is 2.33. The van der Waals surface area contributed by atoms with Gasteiger partial charge in [-0.1, -0.05) is 18.2 Å². The van der Waals surface area contributed by atoms with Crippen molar-refractivity contribution >= 4 is 23.4 Å². The molecule has 5 nitrogen and oxygen atoms in total. The summed E-state index contributed by atoms with van der Waals surface area (Å²) in [5.74, 6) is 0.830. The van der Waals surface area contributed by atoms with Gasteiger partial charge >= 0.3 is 0 Å². The summed E-state index contributed by atoms with van der Waals surface area (Å²) >= 11 is 0. The monoisotopic (exact) mass is 390 g/mol. The van der Waals surface area contributed by atoms with Crippen molar-refractivity contribution in [3.63, 3.8) is 0 Å². The SMILES string of the molecule is CC1=NN(c2ccccc2)C(=O)C1=Cc1c(O)c(C)c(C)c2c1CCC(C)(C)O2. The smallest absolute Gasteiger partial charge is 0.280 e. The molecule has 0 saturated heterocycles. The van der Waals surface area contributed by atoms with Crippen molar-refractivity contribution in [1.29, 1.82) is 0 Å². The van der Waals surface area contributed by atoms with Gasteiger partial charge in [0.1, 0.15) is 17.1 Å². The van der Waals surface area contributed by atoms with E-state index in [1.54, 1.807) is 6.08 Å². The molecule has 2 aromatic rings. The number of anilines is 1. The lowest BCUT2D eigenvalue weighted by molar-refractivity contribution is -0.114. The third-order valence-electron chi connectivity index (χ3n) is 5.82. The van der Waals surface area contributed by atoms with Gasteiger partial charge in [0.05, 0.1) is 17.0 Å². The zero-order valence-electron chi connectivity index (χ0n) is 17.5. The van der Waals surface area contributed by atoms with E-state index in [0.29, 0.717) is 16.8 Å². The molecule has 0 atom stereocenters. The summed E-state index contributed by atoms with van der Waals surface area (Å²) in [6.45, 7) is 9.81. The van der Waals surface area contributed by atoms with Gasteiger partial charge in [0.2, 0.25) is 0 Å². The van der Waals surface area contributed by atoms with Gasteiger partial charge in [-0.15, -0.1) is 0 Å². The summed E-state index contributed by atoms with van der Waals surface area (Å²) < 4.78 is 6.27. The molecule has 4 rings (SSSR count). The number of ether oxygens (including phenoxy) is 1. The van der Waals surface area contributed by atoms with Crippen LogP contribution in [0.5, 0.6) is 11.5 Å². The number of amides is 1. The molecule has 0 bridgehead atoms. The number of rotatable bonds is 2. The fourth-order valence-corrected chi connectivity index (χ4v) is 3.91. The summed E-state index contributed by atoms with van der Waals surface area (Å²) in [6.07, 6.45) is 3.39. The van der Waals surface area contributed by atoms with Crippen LogP contribution in [-0.4, -0.2) is 22.3 Å². The minimum atomic E-state index is -0.254. The zero-order valence-corrected chi connectivity index (χ0v) is 17.5. The number of phenols is 1. The zero-order chi connectivity index (χ0) is 20.9. The minimum Gasteiger partial charge on any atom is -0.507 e. The highest BCUT2D eigenvalue weighted by molar-refractivity contribution is 6.32. The molecule has 0 radical (unpaired) electrons. The Morgan fingerprint density at radius 2 is 1.83 bits per heavy atom. The van der Waals surface area contributed by atoms with Gasteiger partial charge in [-0.25, -0.2) is 0 Å². The molecular formula is C24H26N2O3. The number of fused-ring (bicyclic) bond motifs is 1. The minimum absolute atomic E-state index is 0.197. The van der Waals surface area contributed by atoms with Crippen molar-refractivity contribution in [2.24, 2.45) is 5.10 Å². The third-order valence-corrected chi connectivity index (χ3v) is 5.82. The number of phenolic OH excluding ortho intramolecular Hbond substituents is 1. The van der Waals surface area contributed by atoms with Crippen molar-refractivity contribution in [1.82, 2.24) is 0 Å². The standard InChI is InChI=1S/C24H26N2O3/c1-14-15(2)22-18(11-12-24(4,5)29-22)20(21(14)27)13-19-16(3)25-26(23(19)28)17-9-7-6-8-10-17/h6-10,13,27H,11-12H2,1-5H3. The number of nitrogens with zero attached hydrogens (tertiary/aromatic N) is 2. The maximum Gasteiger partial charge on any atom is 0.280 e. The Bertz CT molecular complexity index is 1070. The topological polar surface area (TPSA) is 62.1 Å². The summed E-state index contributed by atoms with van der Waals surface area (Å²) in [5.41, 5.74) is 4.91. The predicted octanol–water partition coefficient (Wildman–Crippen LogP) is 4.92. The molecular weight excluding hydrogens is 364 g/mol. The van der Waals surface area contributed by atoms with Crippen LogP contribution >= 0.6 is 0 Å². The van der Waals surface area contributed by atoms with Crippen LogP contribution in [0.25, 0.3) is 6.08 Å². The van der Waals surface area contributed by atoms with Crippen molar-refractivity contribution in [2.45, 2.75) is 53.1 Å². The van der Waals surface area contributed by atoms with E-state index in [9.17, 15) is 9.90 Å². The van der Waals surface area contributed by atoms with Crippen LogP contribution in [0.3, 0.4) is 0 Å². The Morgan fingerprint density at radius 1 is 1.14 bits per heavy atom. The Morgan fingerprint density at radius 3 is 2.52 bits per heavy atom. The molecule has 1 amide bonds. The predicted molar refractivity (Wildman–Crippen MR) is 116 cm³/mol. The summed E-state index contributed by atoms with van der Waals surface area (Å²) in [4.78, 5) is 13.1. The average Bonchev–Trinajstić information content (AvgIpc) is 2.98. The van der Waals surface area contributed by atoms with Gasteiger partial charge in [-0.3, -0.25) is 4.79 Å². The van der Waals surface area contributed by atoms with Gasteiger partial charge in [0.15, 0.2) is 0 Å². The Balaban J connectivity index is 1.83. The van der Waals surface area contributed by atoms with Gasteiger partial charge in [-0.05, 0) is 76.8 Å². The summed E-state index contributed by atoms with van der Waals surface area (Å²) in [6, 6.07) is 9.35. The normalized spacial score (nSPS) is 19.2. The first-order chi connectivity index (χ1) is 13.7. The lowest BCUT2D eigenvalue weighted by atomic mass is 9.86. The van der Waals surface area contributed by atoms with Crippen molar-refractivity contribution in [3.8, 4) is 11.5 Å². The van der Waals surface area contributed by atoms with Crippen LogP contribution in [0.4, 0.5) is 5.69 Å². The van der Waals surface area contributed by atoms with Gasteiger partial charge < -0.3 is 9.84 Å². The number of hydrazone groups is 1. The van der Waals surface area contributed by atoms with Crippen LogP contribution in [0.1, 0.15) is 49.4 Å². The highest BCUT2D eigenvalue weighted by Crippen LogP contribution is 2.44. The molecule has 150 valence electrons. The van der Waals surface area contributed by atoms with Crippen LogP contribution in [0.2, 0.25) is 0 Å². The third kappa shape index (κ3) is 3.20. The molecule has 5 heteroatoms. The number of hydrogen-bond acceptors (Lipinski definition) is 4. The molecule has 0 unspecified atom stereocenters. The quantitative estimate of drug-likeness (QED) is 0.741. The van der Waals surface area contributed by atoms with E-state index in [1.165, 1.54) is 5.01 Å². The van der Waals surface area contributed by atoms with Crippen LogP contribution in [0.15, 0.2) is 41.0 Å². The van der Waals surface area contributed by atoms with Crippen LogP contribution in [-0.2, 0) is 11.2 Å². The maximum atomic E-state index is 13.1. The van der Waals surface area contributed by atoms with Gasteiger partial charge in [-0.2, -0.15) is 10.1 Å². The van der Waals surface area contributed by atoms with E-state index in [4.69, 9.17) is 4.74 Å². The number of carbonyl (C=O) groups is 1. The Kier molecular flexibility index (Phi) is 4.49. The number of hydrogen-bond donors (Lipinski definition) is 1. The van der Waals surface area contributed by atoms with Gasteiger partial charge in [0, 0.05) is 11.1 Å². The van der Waals surface area contributed by atoms with Crippen LogP contribution < -0.4 is 9.75 Å². The number of para-hydroxylation sites is 1. The first-order valence-corrected chi connectivity index (χ1v) is 9.90. The number of aromatic hydroxyl groups is 1. The van der Waals surface area contributed by atoms with Crippen molar-refractivity contribution in [2.75, 3.05) is 5.01 Å². The fourth-order valence-electron chi connectivity index (χ4n) is 3.91. The molecule has 2 aliphatic rings. The van der Waals surface area contributed by atoms with E-state index in [2.05, 4.69) is 18.9 Å². The molecule has 0 saturated carbocycles. The lowest BCUT2D eigenvalue weighted by Crippen LogP contribution is -2.33.